The van der Waals surface area contributed by atoms with Crippen LogP contribution in [0.2, 0.25) is 5.02 Å². The number of aliphatic hydroxyl groups is 1. The summed E-state index contributed by atoms with van der Waals surface area (Å²) in [6.45, 7) is 3.69. The zero-order valence-electron chi connectivity index (χ0n) is 21.5. The van der Waals surface area contributed by atoms with Crippen LogP contribution in [-0.4, -0.2) is 37.4 Å². The largest absolute Gasteiger partial charge is 0.496 e. The predicted molar refractivity (Wildman–Crippen MR) is 142 cm³/mol. The van der Waals surface area contributed by atoms with E-state index in [0.29, 0.717) is 39.0 Å². The molecule has 0 unspecified atom stereocenters. The molecule has 1 aliphatic heterocycles. The molecule has 3 aromatic carbocycles. The fourth-order valence-corrected chi connectivity index (χ4v) is 6.10. The van der Waals surface area contributed by atoms with Crippen LogP contribution < -0.4 is 24.8 Å². The summed E-state index contributed by atoms with van der Waals surface area (Å²) in [5, 5.41) is 19.3. The maximum absolute atomic E-state index is 14.5. The lowest BCUT2D eigenvalue weighted by Gasteiger charge is -2.41. The second-order valence-electron chi connectivity index (χ2n) is 9.98. The van der Waals surface area contributed by atoms with Gasteiger partial charge in [-0.3, -0.25) is 0 Å². The number of amides is 2. The first kappa shape index (κ1) is 26.1. The van der Waals surface area contributed by atoms with Crippen LogP contribution in [0, 0.1) is 5.82 Å². The molecule has 7 nitrogen and oxygen atoms in total. The lowest BCUT2D eigenvalue weighted by molar-refractivity contribution is -0.116. The molecule has 1 fully saturated rings. The molecule has 200 valence electrons. The third-order valence-corrected chi connectivity index (χ3v) is 7.68. The smallest absolute Gasteiger partial charge is 0.315 e. The fraction of sp³-hybridized carbons (Fsp3) is 0.345. The summed E-state index contributed by atoms with van der Waals surface area (Å²) in [5.41, 5.74) is -1.68. The van der Waals surface area contributed by atoms with Gasteiger partial charge in [-0.2, -0.15) is 0 Å². The number of urea groups is 1. The third kappa shape index (κ3) is 3.94. The molecular weight excluding hydrogens is 511 g/mol. The zero-order chi connectivity index (χ0) is 27.2. The number of rotatable bonds is 6. The average Bonchev–Trinajstić information content (AvgIpc) is 3.28. The van der Waals surface area contributed by atoms with Gasteiger partial charge in [0.2, 0.25) is 0 Å². The number of hydrogen-bond acceptors (Lipinski definition) is 5. The molecule has 2 amide bonds. The molecule has 3 aromatic rings. The van der Waals surface area contributed by atoms with Gasteiger partial charge in [-0.25, -0.2) is 9.18 Å². The van der Waals surface area contributed by atoms with Crippen molar-refractivity contribution in [2.75, 3.05) is 14.2 Å². The van der Waals surface area contributed by atoms with Crippen LogP contribution in [0.4, 0.5) is 9.18 Å². The van der Waals surface area contributed by atoms with E-state index in [1.807, 2.05) is 13.8 Å². The van der Waals surface area contributed by atoms with Gasteiger partial charge in [-0.1, -0.05) is 35.9 Å². The van der Waals surface area contributed by atoms with Crippen molar-refractivity contribution in [1.82, 2.24) is 10.6 Å². The van der Waals surface area contributed by atoms with Gasteiger partial charge < -0.3 is 30.0 Å². The molecule has 2 aliphatic rings. The van der Waals surface area contributed by atoms with Crippen molar-refractivity contribution < 1.29 is 28.5 Å². The van der Waals surface area contributed by atoms with Gasteiger partial charge in [-0.05, 0) is 55.7 Å². The van der Waals surface area contributed by atoms with Gasteiger partial charge in [0.1, 0.15) is 23.1 Å². The highest BCUT2D eigenvalue weighted by atomic mass is 35.5. The fourth-order valence-electron chi connectivity index (χ4n) is 5.98. The van der Waals surface area contributed by atoms with E-state index >= 15 is 0 Å². The first-order valence-electron chi connectivity index (χ1n) is 12.4. The van der Waals surface area contributed by atoms with E-state index in [1.54, 1.807) is 48.5 Å². The third-order valence-electron chi connectivity index (χ3n) is 7.43. The summed E-state index contributed by atoms with van der Waals surface area (Å²) in [7, 11) is 3.02. The Morgan fingerprint density at radius 1 is 1.13 bits per heavy atom. The average molecular weight is 541 g/mol. The minimum atomic E-state index is -1.82. The Labute approximate surface area is 225 Å². The standard InChI is InChI=1S/C29H30ClFN2O5/c1-16(2)32-27(34)33-25-15-22(17-6-5-7-20(31)12-17)29(18-8-10-19(30)11-9-18)28(25,35)26-23(37-4)13-21(36-3)14-24(26)38-29/h5-14,16,22,25,35H,15H2,1-4H3,(H2,32,33,34)/t22-,25-,28+,29-/m1/s1. The van der Waals surface area contributed by atoms with Gasteiger partial charge in [0.15, 0.2) is 11.2 Å². The molecular formula is C29H30ClFN2O5. The minimum absolute atomic E-state index is 0.128. The van der Waals surface area contributed by atoms with Gasteiger partial charge in [-0.15, -0.1) is 0 Å². The molecule has 0 radical (unpaired) electrons. The summed E-state index contributed by atoms with van der Waals surface area (Å²) in [4.78, 5) is 13.0. The Hall–Kier alpha value is -3.49. The topological polar surface area (TPSA) is 89.0 Å². The van der Waals surface area contributed by atoms with E-state index in [1.165, 1.54) is 26.4 Å². The normalized spacial score (nSPS) is 25.4. The number of fused-ring (bicyclic) bond motifs is 3. The second-order valence-corrected chi connectivity index (χ2v) is 10.4. The molecule has 1 aliphatic carbocycles. The number of carbonyl (C=O) groups excluding carboxylic acids is 1. The Bertz CT molecular complexity index is 1370. The molecule has 5 rings (SSSR count). The van der Waals surface area contributed by atoms with Crippen molar-refractivity contribution in [1.29, 1.82) is 0 Å². The lowest BCUT2D eigenvalue weighted by atomic mass is 9.71. The van der Waals surface area contributed by atoms with Crippen LogP contribution in [0.25, 0.3) is 0 Å². The van der Waals surface area contributed by atoms with E-state index in [0.717, 1.165) is 0 Å². The predicted octanol–water partition coefficient (Wildman–Crippen LogP) is 5.24. The van der Waals surface area contributed by atoms with Crippen LogP contribution in [0.15, 0.2) is 60.7 Å². The highest BCUT2D eigenvalue weighted by Gasteiger charge is 2.74. The number of benzene rings is 3. The molecule has 4 atom stereocenters. The quantitative estimate of drug-likeness (QED) is 0.398. The molecule has 0 bridgehead atoms. The molecule has 38 heavy (non-hydrogen) atoms. The van der Waals surface area contributed by atoms with Crippen molar-refractivity contribution in [3.8, 4) is 17.2 Å². The number of nitrogens with one attached hydrogen (secondary N) is 2. The van der Waals surface area contributed by atoms with E-state index in [2.05, 4.69) is 10.6 Å². The molecule has 1 heterocycles. The van der Waals surface area contributed by atoms with Gasteiger partial charge in [0.25, 0.3) is 0 Å². The van der Waals surface area contributed by atoms with Crippen molar-refractivity contribution >= 4 is 17.6 Å². The number of halogens is 2. The minimum Gasteiger partial charge on any atom is -0.496 e. The second kappa shape index (κ2) is 9.67. The van der Waals surface area contributed by atoms with Crippen LogP contribution in [-0.2, 0) is 11.2 Å². The monoisotopic (exact) mass is 540 g/mol. The lowest BCUT2D eigenvalue weighted by Crippen LogP contribution is -2.58. The highest BCUT2D eigenvalue weighted by Crippen LogP contribution is 2.68. The maximum atomic E-state index is 14.5. The van der Waals surface area contributed by atoms with Crippen molar-refractivity contribution in [2.45, 2.75) is 49.5 Å². The number of ether oxygens (including phenoxy) is 3. The van der Waals surface area contributed by atoms with Crippen LogP contribution in [0.3, 0.4) is 0 Å². The number of methoxy groups -OCH3 is 2. The van der Waals surface area contributed by atoms with Gasteiger partial charge >= 0.3 is 6.03 Å². The molecule has 3 N–H and O–H groups in total. The molecule has 0 spiro atoms. The first-order chi connectivity index (χ1) is 18.1. The first-order valence-corrected chi connectivity index (χ1v) is 12.8. The van der Waals surface area contributed by atoms with Crippen LogP contribution in [0.1, 0.15) is 42.9 Å². The van der Waals surface area contributed by atoms with Crippen molar-refractivity contribution in [3.05, 3.63) is 88.2 Å². The van der Waals surface area contributed by atoms with Crippen LogP contribution in [0.5, 0.6) is 17.2 Å². The molecule has 9 heteroatoms. The SMILES string of the molecule is COc1cc(OC)c2c(c1)O[C@]1(c3ccc(Cl)cc3)[C@@H](c3cccc(F)c3)C[C@@H](NC(=O)NC(C)C)[C@]21O. The molecule has 1 saturated carbocycles. The summed E-state index contributed by atoms with van der Waals surface area (Å²) in [6, 6.07) is 15.2. The summed E-state index contributed by atoms with van der Waals surface area (Å²) < 4.78 is 32.5. The molecule has 0 saturated heterocycles. The summed E-state index contributed by atoms with van der Waals surface area (Å²) >= 11 is 6.24. The number of hydrogen-bond donors (Lipinski definition) is 3. The van der Waals surface area contributed by atoms with E-state index in [9.17, 15) is 14.3 Å². The number of carbonyl (C=O) groups is 1. The highest BCUT2D eigenvalue weighted by molar-refractivity contribution is 6.30. The summed E-state index contributed by atoms with van der Waals surface area (Å²) in [5.74, 6) is 0.169. The van der Waals surface area contributed by atoms with Crippen molar-refractivity contribution in [2.24, 2.45) is 0 Å². The molecule has 0 aromatic heterocycles. The Balaban J connectivity index is 1.80. The van der Waals surface area contributed by atoms with E-state index < -0.39 is 35.0 Å². The zero-order valence-corrected chi connectivity index (χ0v) is 22.3. The van der Waals surface area contributed by atoms with E-state index in [4.69, 9.17) is 25.8 Å². The Morgan fingerprint density at radius 3 is 2.50 bits per heavy atom. The Kier molecular flexibility index (Phi) is 6.65. The van der Waals surface area contributed by atoms with Crippen molar-refractivity contribution in [3.63, 3.8) is 0 Å². The van der Waals surface area contributed by atoms with Crippen LogP contribution >= 0.6 is 11.6 Å². The van der Waals surface area contributed by atoms with Gasteiger partial charge in [0.05, 0.1) is 25.8 Å². The van der Waals surface area contributed by atoms with E-state index in [-0.39, 0.29) is 12.5 Å². The van der Waals surface area contributed by atoms with Gasteiger partial charge in [0, 0.05) is 29.1 Å². The Morgan fingerprint density at radius 2 is 1.87 bits per heavy atom. The summed E-state index contributed by atoms with van der Waals surface area (Å²) in [6.07, 6.45) is 0.253. The maximum Gasteiger partial charge on any atom is 0.315 e.